The van der Waals surface area contributed by atoms with Crippen molar-refractivity contribution < 1.29 is 19.1 Å². The zero-order chi connectivity index (χ0) is 24.7. The molecule has 0 fully saturated rings. The molecular weight excluding hydrogens is 432 g/mol. The Bertz CT molecular complexity index is 969. The van der Waals surface area contributed by atoms with Crippen molar-refractivity contribution in [2.45, 2.75) is 45.9 Å². The Kier molecular flexibility index (Phi) is 9.01. The number of methoxy groups -OCH3 is 1. The lowest BCUT2D eigenvalue weighted by Crippen LogP contribution is -2.46. The number of anilines is 1. The second-order valence-corrected chi connectivity index (χ2v) is 9.00. The van der Waals surface area contributed by atoms with Gasteiger partial charge in [0.25, 0.3) is 5.91 Å². The number of hydrogen-bond donors (Lipinski definition) is 1. The molecule has 1 aliphatic heterocycles. The highest BCUT2D eigenvalue weighted by Crippen LogP contribution is 2.27. The summed E-state index contributed by atoms with van der Waals surface area (Å²) in [6.45, 7) is 8.42. The predicted octanol–water partition coefficient (Wildman–Crippen LogP) is 3.44. The van der Waals surface area contributed by atoms with Gasteiger partial charge in [0.1, 0.15) is 12.4 Å². The maximum atomic E-state index is 13.3. The fourth-order valence-corrected chi connectivity index (χ4v) is 4.12. The largest absolute Gasteiger partial charge is 0.491 e. The SMILES string of the molecule is CCC(=O)Nc1ccc2c(c1)OC[C@@H](C)N(Cc1cccnc1)C[C@H](C)[C@H](OC)CN(C)C2=O. The van der Waals surface area contributed by atoms with Crippen LogP contribution in [0.1, 0.15) is 43.1 Å². The number of ether oxygens (including phenoxy) is 2. The van der Waals surface area contributed by atoms with E-state index in [4.69, 9.17) is 9.47 Å². The maximum Gasteiger partial charge on any atom is 0.257 e. The summed E-state index contributed by atoms with van der Waals surface area (Å²) in [6, 6.07) is 9.26. The molecule has 0 saturated carbocycles. The smallest absolute Gasteiger partial charge is 0.257 e. The molecule has 1 aliphatic rings. The number of nitrogens with one attached hydrogen (secondary N) is 1. The first-order valence-corrected chi connectivity index (χ1v) is 11.8. The molecule has 1 N–H and O–H groups in total. The quantitative estimate of drug-likeness (QED) is 0.724. The van der Waals surface area contributed by atoms with E-state index in [-0.39, 0.29) is 29.9 Å². The molecule has 2 heterocycles. The van der Waals surface area contributed by atoms with Gasteiger partial charge in [-0.2, -0.15) is 0 Å². The van der Waals surface area contributed by atoms with Crippen molar-refractivity contribution in [3.05, 3.63) is 53.9 Å². The van der Waals surface area contributed by atoms with E-state index in [1.54, 1.807) is 50.4 Å². The van der Waals surface area contributed by atoms with Crippen molar-refractivity contribution in [2.75, 3.05) is 39.2 Å². The number of pyridine rings is 1. The standard InChI is InChI=1S/C26H36N4O4/c1-6-25(31)28-21-9-10-22-23(12-21)34-17-19(3)30(15-20-8-7-11-27-13-20)14-18(2)24(33-5)16-29(4)26(22)32/h7-13,18-19,24H,6,14-17H2,1-5H3,(H,28,31)/t18-,19+,24+/m0/s1. The van der Waals surface area contributed by atoms with Gasteiger partial charge in [0.05, 0.1) is 11.7 Å². The number of carbonyl (C=O) groups is 2. The van der Waals surface area contributed by atoms with E-state index in [2.05, 4.69) is 35.1 Å². The lowest BCUT2D eigenvalue weighted by atomic mass is 10.0. The maximum absolute atomic E-state index is 13.3. The van der Waals surface area contributed by atoms with E-state index >= 15 is 0 Å². The van der Waals surface area contributed by atoms with Crippen molar-refractivity contribution in [3.63, 3.8) is 0 Å². The lowest BCUT2D eigenvalue weighted by Gasteiger charge is -2.36. The topological polar surface area (TPSA) is 84.0 Å². The Morgan fingerprint density at radius 1 is 1.26 bits per heavy atom. The van der Waals surface area contributed by atoms with Crippen LogP contribution in [0, 0.1) is 5.92 Å². The lowest BCUT2D eigenvalue weighted by molar-refractivity contribution is -0.115. The third-order valence-corrected chi connectivity index (χ3v) is 6.29. The summed E-state index contributed by atoms with van der Waals surface area (Å²) in [5, 5.41) is 2.85. The normalized spacial score (nSPS) is 22.2. The zero-order valence-electron chi connectivity index (χ0n) is 20.8. The summed E-state index contributed by atoms with van der Waals surface area (Å²) >= 11 is 0. The van der Waals surface area contributed by atoms with Crippen LogP contribution in [0.2, 0.25) is 0 Å². The van der Waals surface area contributed by atoms with Crippen LogP contribution in [-0.4, -0.2) is 72.6 Å². The number of benzene rings is 1. The molecule has 0 unspecified atom stereocenters. The minimum Gasteiger partial charge on any atom is -0.491 e. The van der Waals surface area contributed by atoms with E-state index in [9.17, 15) is 9.59 Å². The molecule has 0 bridgehead atoms. The Morgan fingerprint density at radius 3 is 2.74 bits per heavy atom. The molecule has 0 saturated heterocycles. The molecule has 0 spiro atoms. The molecule has 8 nitrogen and oxygen atoms in total. The number of rotatable bonds is 5. The Labute approximate surface area is 202 Å². The highest BCUT2D eigenvalue weighted by atomic mass is 16.5. The van der Waals surface area contributed by atoms with Crippen LogP contribution in [0.3, 0.4) is 0 Å². The average Bonchev–Trinajstić information content (AvgIpc) is 2.84. The monoisotopic (exact) mass is 468 g/mol. The van der Waals surface area contributed by atoms with Crippen LogP contribution < -0.4 is 10.1 Å². The first-order valence-electron chi connectivity index (χ1n) is 11.8. The fourth-order valence-electron chi connectivity index (χ4n) is 4.12. The van der Waals surface area contributed by atoms with Crippen LogP contribution in [0.25, 0.3) is 0 Å². The molecular formula is C26H36N4O4. The number of amides is 2. The average molecular weight is 469 g/mol. The summed E-state index contributed by atoms with van der Waals surface area (Å²) in [4.78, 5) is 33.5. The van der Waals surface area contributed by atoms with Crippen LogP contribution >= 0.6 is 0 Å². The minimum atomic E-state index is -0.141. The highest BCUT2D eigenvalue weighted by Gasteiger charge is 2.28. The van der Waals surface area contributed by atoms with Crippen molar-refractivity contribution in [3.8, 4) is 5.75 Å². The number of nitrogens with zero attached hydrogens (tertiary/aromatic N) is 3. The van der Waals surface area contributed by atoms with Crippen LogP contribution in [0.15, 0.2) is 42.7 Å². The van der Waals surface area contributed by atoms with E-state index in [0.29, 0.717) is 36.6 Å². The van der Waals surface area contributed by atoms with E-state index < -0.39 is 0 Å². The first-order chi connectivity index (χ1) is 16.3. The van der Waals surface area contributed by atoms with Crippen molar-refractivity contribution in [1.82, 2.24) is 14.8 Å². The molecule has 184 valence electrons. The summed E-state index contributed by atoms with van der Waals surface area (Å²) in [5.41, 5.74) is 2.20. The van der Waals surface area contributed by atoms with Gasteiger partial charge in [0, 0.05) is 70.4 Å². The highest BCUT2D eigenvalue weighted by molar-refractivity contribution is 5.98. The van der Waals surface area contributed by atoms with E-state index in [1.807, 2.05) is 12.3 Å². The molecule has 3 rings (SSSR count). The second-order valence-electron chi connectivity index (χ2n) is 9.00. The first kappa shape index (κ1) is 25.6. The van der Waals surface area contributed by atoms with Crippen molar-refractivity contribution >= 4 is 17.5 Å². The number of hydrogen-bond acceptors (Lipinski definition) is 6. The second kappa shape index (κ2) is 11.9. The van der Waals surface area contributed by atoms with Crippen LogP contribution in [-0.2, 0) is 16.1 Å². The summed E-state index contributed by atoms with van der Waals surface area (Å²) in [7, 11) is 3.47. The van der Waals surface area contributed by atoms with Crippen LogP contribution in [0.4, 0.5) is 5.69 Å². The summed E-state index contributed by atoms with van der Waals surface area (Å²) in [6.07, 6.45) is 3.90. The van der Waals surface area contributed by atoms with E-state index in [1.165, 1.54) is 0 Å². The Morgan fingerprint density at radius 2 is 2.06 bits per heavy atom. The van der Waals surface area contributed by atoms with Gasteiger partial charge in [0.15, 0.2) is 0 Å². The summed E-state index contributed by atoms with van der Waals surface area (Å²) in [5.74, 6) is 0.411. The molecule has 0 radical (unpaired) electrons. The predicted molar refractivity (Wildman–Crippen MR) is 132 cm³/mol. The van der Waals surface area contributed by atoms with Crippen LogP contribution in [0.5, 0.6) is 5.75 Å². The number of fused-ring (bicyclic) bond motifs is 1. The van der Waals surface area contributed by atoms with Gasteiger partial charge in [-0.05, 0) is 36.6 Å². The molecule has 1 aromatic heterocycles. The molecule has 8 heteroatoms. The number of aromatic nitrogens is 1. The van der Waals surface area contributed by atoms with Gasteiger partial charge < -0.3 is 19.7 Å². The molecule has 3 atom stereocenters. The third-order valence-electron chi connectivity index (χ3n) is 6.29. The fraction of sp³-hybridized carbons (Fsp3) is 0.500. The van der Waals surface area contributed by atoms with Gasteiger partial charge in [-0.3, -0.25) is 19.5 Å². The molecule has 1 aromatic carbocycles. The molecule has 34 heavy (non-hydrogen) atoms. The third kappa shape index (κ3) is 6.55. The Balaban J connectivity index is 1.94. The van der Waals surface area contributed by atoms with Gasteiger partial charge >= 0.3 is 0 Å². The Hall–Kier alpha value is -2.97. The van der Waals surface area contributed by atoms with Crippen molar-refractivity contribution in [1.29, 1.82) is 0 Å². The number of carbonyl (C=O) groups excluding carboxylic acids is 2. The zero-order valence-corrected chi connectivity index (χ0v) is 20.8. The van der Waals surface area contributed by atoms with E-state index in [0.717, 1.165) is 18.7 Å². The van der Waals surface area contributed by atoms with Gasteiger partial charge in [0.2, 0.25) is 5.91 Å². The number of likely N-dealkylation sites (N-methyl/N-ethyl adjacent to an activating group) is 1. The van der Waals surface area contributed by atoms with Gasteiger partial charge in [-0.15, -0.1) is 0 Å². The summed E-state index contributed by atoms with van der Waals surface area (Å²) < 4.78 is 12.0. The minimum absolute atomic E-state index is 0.0640. The molecule has 2 amide bonds. The van der Waals surface area contributed by atoms with Crippen molar-refractivity contribution in [2.24, 2.45) is 5.92 Å². The molecule has 0 aliphatic carbocycles. The van der Waals surface area contributed by atoms with Gasteiger partial charge in [-0.25, -0.2) is 0 Å². The van der Waals surface area contributed by atoms with Gasteiger partial charge in [-0.1, -0.05) is 19.9 Å². The molecule has 2 aromatic rings.